The molecule has 0 unspecified atom stereocenters. The van der Waals surface area contributed by atoms with E-state index >= 15 is 0 Å². The number of benzene rings is 1. The monoisotopic (exact) mass is 408 g/mol. The molecule has 158 valence electrons. The van der Waals surface area contributed by atoms with Gasteiger partial charge in [0.05, 0.1) is 23.0 Å². The second-order valence-electron chi connectivity index (χ2n) is 8.63. The fourth-order valence-corrected chi connectivity index (χ4v) is 4.37. The molecule has 3 aromatic rings. The van der Waals surface area contributed by atoms with E-state index in [0.717, 1.165) is 36.6 Å². The largest absolute Gasteiger partial charge is 0.339 e. The quantitative estimate of drug-likeness (QED) is 0.685. The van der Waals surface area contributed by atoms with E-state index in [1.54, 1.807) is 24.2 Å². The van der Waals surface area contributed by atoms with Crippen molar-refractivity contribution in [2.75, 3.05) is 7.05 Å². The van der Waals surface area contributed by atoms with Crippen LogP contribution in [0.25, 0.3) is 16.6 Å². The van der Waals surface area contributed by atoms with E-state index in [-0.39, 0.29) is 18.0 Å². The lowest BCUT2D eigenvalue weighted by Gasteiger charge is -2.25. The van der Waals surface area contributed by atoms with Gasteiger partial charge in [-0.1, -0.05) is 0 Å². The lowest BCUT2D eigenvalue weighted by molar-refractivity contribution is 0.0754. The molecule has 6 heteroatoms. The van der Waals surface area contributed by atoms with Gasteiger partial charge in [-0.2, -0.15) is 0 Å². The Morgan fingerprint density at radius 1 is 1.23 bits per heavy atom. The molecular formula is C24H29FN4O. The van der Waals surface area contributed by atoms with Crippen molar-refractivity contribution in [3.63, 3.8) is 0 Å². The van der Waals surface area contributed by atoms with Crippen molar-refractivity contribution in [1.82, 2.24) is 14.5 Å². The lowest BCUT2D eigenvalue weighted by Crippen LogP contribution is -2.33. The minimum Gasteiger partial charge on any atom is -0.339 e. The highest BCUT2D eigenvalue weighted by atomic mass is 19.1. The summed E-state index contributed by atoms with van der Waals surface area (Å²) in [5, 5.41) is 1.13. The normalized spacial score (nSPS) is 19.4. The molecule has 1 aliphatic carbocycles. The molecule has 4 rings (SSSR count). The second kappa shape index (κ2) is 8.19. The van der Waals surface area contributed by atoms with Gasteiger partial charge < -0.3 is 15.2 Å². The summed E-state index contributed by atoms with van der Waals surface area (Å²) in [5.74, 6) is -0.195. The first-order valence-electron chi connectivity index (χ1n) is 10.6. The van der Waals surface area contributed by atoms with Crippen LogP contribution in [0.15, 0.2) is 42.9 Å². The SMILES string of the molecule is CC(C)N(C)C(=O)c1cc(F)ccc1-n1cc(C2CCC(N)CC2)c2ccncc21. The Bertz CT molecular complexity index is 1070. The number of amides is 1. The van der Waals surface area contributed by atoms with Crippen molar-refractivity contribution in [3.8, 4) is 5.69 Å². The summed E-state index contributed by atoms with van der Waals surface area (Å²) < 4.78 is 16.1. The van der Waals surface area contributed by atoms with E-state index < -0.39 is 5.82 Å². The summed E-state index contributed by atoms with van der Waals surface area (Å²) in [7, 11) is 1.74. The molecule has 0 saturated heterocycles. The molecule has 0 atom stereocenters. The molecule has 1 aliphatic rings. The molecule has 0 aliphatic heterocycles. The molecule has 1 aromatic carbocycles. The van der Waals surface area contributed by atoms with Crippen LogP contribution in [0, 0.1) is 5.82 Å². The van der Waals surface area contributed by atoms with E-state index in [1.807, 2.05) is 30.7 Å². The summed E-state index contributed by atoms with van der Waals surface area (Å²) in [5.41, 5.74) is 9.31. The molecule has 1 fully saturated rings. The molecule has 1 amide bonds. The summed E-state index contributed by atoms with van der Waals surface area (Å²) in [6, 6.07) is 6.74. The number of rotatable bonds is 4. The van der Waals surface area contributed by atoms with Crippen LogP contribution in [0.3, 0.4) is 0 Å². The number of hydrogen-bond acceptors (Lipinski definition) is 3. The van der Waals surface area contributed by atoms with Crippen molar-refractivity contribution >= 4 is 16.8 Å². The van der Waals surface area contributed by atoms with Gasteiger partial charge in [-0.15, -0.1) is 0 Å². The molecule has 0 radical (unpaired) electrons. The van der Waals surface area contributed by atoms with Crippen LogP contribution >= 0.6 is 0 Å². The van der Waals surface area contributed by atoms with Crippen LogP contribution < -0.4 is 5.73 Å². The third-order valence-corrected chi connectivity index (χ3v) is 6.39. The molecule has 2 N–H and O–H groups in total. The maximum Gasteiger partial charge on any atom is 0.256 e. The predicted octanol–water partition coefficient (Wildman–Crippen LogP) is 4.63. The zero-order valence-corrected chi connectivity index (χ0v) is 17.8. The maximum absolute atomic E-state index is 14.1. The number of carbonyl (C=O) groups is 1. The van der Waals surface area contributed by atoms with Crippen molar-refractivity contribution < 1.29 is 9.18 Å². The van der Waals surface area contributed by atoms with Gasteiger partial charge in [0.15, 0.2) is 0 Å². The number of carbonyl (C=O) groups excluding carboxylic acids is 1. The van der Waals surface area contributed by atoms with Crippen LogP contribution in [0.5, 0.6) is 0 Å². The van der Waals surface area contributed by atoms with Crippen molar-refractivity contribution in [3.05, 3.63) is 59.8 Å². The fourth-order valence-electron chi connectivity index (χ4n) is 4.37. The number of aromatic nitrogens is 2. The average molecular weight is 409 g/mol. The smallest absolute Gasteiger partial charge is 0.256 e. The van der Waals surface area contributed by atoms with Crippen LogP contribution in [0.2, 0.25) is 0 Å². The molecular weight excluding hydrogens is 379 g/mol. The Morgan fingerprint density at radius 2 is 1.97 bits per heavy atom. The first kappa shape index (κ1) is 20.5. The van der Waals surface area contributed by atoms with Crippen molar-refractivity contribution in [1.29, 1.82) is 0 Å². The minimum absolute atomic E-state index is 0.0127. The van der Waals surface area contributed by atoms with Crippen molar-refractivity contribution in [2.24, 2.45) is 5.73 Å². The highest BCUT2D eigenvalue weighted by molar-refractivity contribution is 5.99. The van der Waals surface area contributed by atoms with Gasteiger partial charge in [-0.3, -0.25) is 9.78 Å². The lowest BCUT2D eigenvalue weighted by atomic mass is 9.82. The number of nitrogens with zero attached hydrogens (tertiary/aromatic N) is 3. The predicted molar refractivity (Wildman–Crippen MR) is 117 cm³/mol. The minimum atomic E-state index is -0.421. The molecule has 1 saturated carbocycles. The fraction of sp³-hybridized carbons (Fsp3) is 0.417. The number of fused-ring (bicyclic) bond motifs is 1. The first-order valence-corrected chi connectivity index (χ1v) is 10.6. The third-order valence-electron chi connectivity index (χ3n) is 6.39. The zero-order chi connectivity index (χ0) is 21.4. The number of halogens is 1. The summed E-state index contributed by atoms with van der Waals surface area (Å²) in [4.78, 5) is 19.1. The highest BCUT2D eigenvalue weighted by Crippen LogP contribution is 2.38. The Kier molecular flexibility index (Phi) is 5.60. The number of nitrogens with two attached hydrogens (primary N) is 1. The van der Waals surface area contributed by atoms with E-state index in [0.29, 0.717) is 17.2 Å². The Balaban J connectivity index is 1.86. The number of hydrogen-bond donors (Lipinski definition) is 1. The molecule has 2 heterocycles. The Morgan fingerprint density at radius 3 is 2.67 bits per heavy atom. The zero-order valence-electron chi connectivity index (χ0n) is 17.8. The highest BCUT2D eigenvalue weighted by Gasteiger charge is 2.26. The van der Waals surface area contributed by atoms with Gasteiger partial charge >= 0.3 is 0 Å². The van der Waals surface area contributed by atoms with Gasteiger partial charge in [0.25, 0.3) is 5.91 Å². The van der Waals surface area contributed by atoms with Gasteiger partial charge in [-0.05, 0) is 75.3 Å². The van der Waals surface area contributed by atoms with Crippen LogP contribution in [-0.4, -0.2) is 39.5 Å². The topological polar surface area (TPSA) is 64.2 Å². The average Bonchev–Trinajstić information content (AvgIpc) is 3.12. The van der Waals surface area contributed by atoms with Crippen LogP contribution in [0.4, 0.5) is 4.39 Å². The molecule has 5 nitrogen and oxygen atoms in total. The van der Waals surface area contributed by atoms with Crippen LogP contribution in [0.1, 0.15) is 61.4 Å². The second-order valence-corrected chi connectivity index (χ2v) is 8.63. The van der Waals surface area contributed by atoms with Gasteiger partial charge in [-0.25, -0.2) is 4.39 Å². The third kappa shape index (κ3) is 3.72. The molecule has 0 bridgehead atoms. The van der Waals surface area contributed by atoms with Gasteiger partial charge in [0, 0.05) is 36.9 Å². The molecule has 30 heavy (non-hydrogen) atoms. The van der Waals surface area contributed by atoms with Gasteiger partial charge in [0.1, 0.15) is 5.82 Å². The summed E-state index contributed by atoms with van der Waals surface area (Å²) in [6.07, 6.45) is 9.85. The standard InChI is InChI=1S/C24H29FN4O/c1-15(2)28(3)24(30)20-12-17(25)6-9-22(20)29-14-21(16-4-7-18(26)8-5-16)19-10-11-27-13-23(19)29/h6,9-16,18H,4-5,7-8,26H2,1-3H3. The van der Waals surface area contributed by atoms with E-state index in [9.17, 15) is 9.18 Å². The first-order chi connectivity index (χ1) is 14.4. The van der Waals surface area contributed by atoms with E-state index in [1.165, 1.54) is 17.7 Å². The van der Waals surface area contributed by atoms with E-state index in [2.05, 4.69) is 11.2 Å². The Hall–Kier alpha value is -2.73. The summed E-state index contributed by atoms with van der Waals surface area (Å²) in [6.45, 7) is 3.88. The Labute approximate surface area is 176 Å². The van der Waals surface area contributed by atoms with E-state index in [4.69, 9.17) is 5.73 Å². The van der Waals surface area contributed by atoms with Gasteiger partial charge in [0.2, 0.25) is 0 Å². The van der Waals surface area contributed by atoms with Crippen molar-refractivity contribution in [2.45, 2.75) is 57.5 Å². The maximum atomic E-state index is 14.1. The van der Waals surface area contributed by atoms with Crippen LogP contribution in [-0.2, 0) is 0 Å². The molecule has 0 spiro atoms. The summed E-state index contributed by atoms with van der Waals surface area (Å²) >= 11 is 0. The number of pyridine rings is 1. The molecule has 2 aromatic heterocycles.